The molecule has 1 aliphatic rings. The first-order valence-electron chi connectivity index (χ1n) is 6.37. The Morgan fingerprint density at radius 1 is 1.21 bits per heavy atom. The van der Waals surface area contributed by atoms with E-state index in [1.807, 2.05) is 4.90 Å². The monoisotopic (exact) mass is 266 g/mol. The van der Waals surface area contributed by atoms with Crippen molar-refractivity contribution in [2.75, 3.05) is 44.2 Å². The molecule has 0 amide bonds. The molecule has 0 unspecified atom stereocenters. The highest BCUT2D eigenvalue weighted by molar-refractivity contribution is 5.78. The van der Waals surface area contributed by atoms with Crippen molar-refractivity contribution in [3.63, 3.8) is 0 Å². The van der Waals surface area contributed by atoms with Gasteiger partial charge in [0.05, 0.1) is 13.2 Å². The van der Waals surface area contributed by atoms with Gasteiger partial charge in [-0.15, -0.1) is 0 Å². The van der Waals surface area contributed by atoms with E-state index < -0.39 is 0 Å². The van der Waals surface area contributed by atoms with Crippen LogP contribution in [-0.2, 0) is 0 Å². The van der Waals surface area contributed by atoms with Crippen molar-refractivity contribution in [3.05, 3.63) is 30.1 Å². The highest BCUT2D eigenvalue weighted by Crippen LogP contribution is 2.16. The molecule has 2 rings (SSSR count). The third-order valence-electron chi connectivity index (χ3n) is 3.17. The number of rotatable bonds is 3. The predicted octanol–water partition coefficient (Wildman–Crippen LogP) is 0.255. The topological polar surface area (TPSA) is 65.1 Å². The Balaban J connectivity index is 1.90. The van der Waals surface area contributed by atoms with Crippen LogP contribution in [0.15, 0.2) is 29.3 Å². The van der Waals surface area contributed by atoms with Crippen LogP contribution < -0.4 is 10.6 Å². The third-order valence-corrected chi connectivity index (χ3v) is 3.17. The molecule has 1 fully saturated rings. The van der Waals surface area contributed by atoms with Crippen molar-refractivity contribution in [2.24, 2.45) is 10.7 Å². The normalized spacial score (nSPS) is 16.8. The minimum atomic E-state index is -0.220. The Morgan fingerprint density at radius 2 is 1.84 bits per heavy atom. The van der Waals surface area contributed by atoms with Crippen molar-refractivity contribution in [1.29, 1.82) is 0 Å². The fourth-order valence-corrected chi connectivity index (χ4v) is 2.11. The van der Waals surface area contributed by atoms with Crippen LogP contribution >= 0.6 is 0 Å². The summed E-state index contributed by atoms with van der Waals surface area (Å²) in [6.07, 6.45) is 0. The maximum atomic E-state index is 12.9. The molecule has 0 radical (unpaired) electrons. The summed E-state index contributed by atoms with van der Waals surface area (Å²) in [4.78, 5) is 8.26. The van der Waals surface area contributed by atoms with E-state index in [2.05, 4.69) is 9.89 Å². The van der Waals surface area contributed by atoms with Crippen LogP contribution in [0, 0.1) is 5.82 Å². The maximum absolute atomic E-state index is 12.9. The van der Waals surface area contributed by atoms with Gasteiger partial charge < -0.3 is 20.6 Å². The number of aliphatic imine (C=N–C) groups is 1. The van der Waals surface area contributed by atoms with Gasteiger partial charge in [0, 0.05) is 31.9 Å². The second-order valence-corrected chi connectivity index (χ2v) is 4.41. The van der Waals surface area contributed by atoms with E-state index >= 15 is 0 Å². The molecule has 0 atom stereocenters. The van der Waals surface area contributed by atoms with E-state index in [4.69, 9.17) is 10.8 Å². The lowest BCUT2D eigenvalue weighted by Crippen LogP contribution is -2.51. The Bertz CT molecular complexity index is 427. The second-order valence-electron chi connectivity index (χ2n) is 4.41. The largest absolute Gasteiger partial charge is 0.394 e. The number of hydrogen-bond acceptors (Lipinski definition) is 3. The van der Waals surface area contributed by atoms with Crippen molar-refractivity contribution in [1.82, 2.24) is 4.90 Å². The summed E-state index contributed by atoms with van der Waals surface area (Å²) < 4.78 is 12.9. The fraction of sp³-hybridized carbons (Fsp3) is 0.462. The van der Waals surface area contributed by atoms with Gasteiger partial charge in [0.1, 0.15) is 5.82 Å². The molecule has 1 saturated heterocycles. The van der Waals surface area contributed by atoms with Crippen LogP contribution in [0.5, 0.6) is 0 Å². The average molecular weight is 266 g/mol. The molecule has 0 saturated carbocycles. The Hall–Kier alpha value is -1.82. The van der Waals surface area contributed by atoms with Crippen molar-refractivity contribution in [2.45, 2.75) is 0 Å². The van der Waals surface area contributed by atoms with Crippen LogP contribution in [0.1, 0.15) is 0 Å². The molecule has 19 heavy (non-hydrogen) atoms. The molecule has 0 spiro atoms. The number of hydrogen-bond donors (Lipinski definition) is 2. The number of guanidine groups is 1. The molecular formula is C13H19FN4O. The smallest absolute Gasteiger partial charge is 0.191 e. The van der Waals surface area contributed by atoms with Gasteiger partial charge in [0.2, 0.25) is 0 Å². The molecule has 104 valence electrons. The number of nitrogens with zero attached hydrogens (tertiary/aromatic N) is 3. The van der Waals surface area contributed by atoms with E-state index in [1.54, 1.807) is 12.1 Å². The van der Waals surface area contributed by atoms with Crippen molar-refractivity contribution >= 4 is 11.6 Å². The zero-order valence-electron chi connectivity index (χ0n) is 10.8. The summed E-state index contributed by atoms with van der Waals surface area (Å²) >= 11 is 0. The number of anilines is 1. The van der Waals surface area contributed by atoms with E-state index in [0.29, 0.717) is 12.5 Å². The zero-order valence-corrected chi connectivity index (χ0v) is 10.8. The maximum Gasteiger partial charge on any atom is 0.191 e. The SMILES string of the molecule is NC(=NCCO)N1CCN(c2ccc(F)cc2)CC1. The molecule has 5 nitrogen and oxygen atoms in total. The summed E-state index contributed by atoms with van der Waals surface area (Å²) in [5.74, 6) is 0.260. The van der Waals surface area contributed by atoms with Gasteiger partial charge in [-0.1, -0.05) is 0 Å². The van der Waals surface area contributed by atoms with Gasteiger partial charge in [-0.2, -0.15) is 0 Å². The molecule has 3 N–H and O–H groups in total. The lowest BCUT2D eigenvalue weighted by atomic mass is 10.2. The second kappa shape index (κ2) is 6.38. The number of piperazine rings is 1. The standard InChI is InChI=1S/C13H19FN4O/c14-11-1-3-12(4-2-11)17-6-8-18(9-7-17)13(15)16-5-10-19/h1-4,19H,5-10H2,(H2,15,16). The van der Waals surface area contributed by atoms with Gasteiger partial charge in [-0.05, 0) is 24.3 Å². The van der Waals surface area contributed by atoms with Crippen molar-refractivity contribution < 1.29 is 9.50 Å². The van der Waals surface area contributed by atoms with Gasteiger partial charge in [-0.3, -0.25) is 4.99 Å². The van der Waals surface area contributed by atoms with Crippen LogP contribution in [0.4, 0.5) is 10.1 Å². The zero-order chi connectivity index (χ0) is 13.7. The highest BCUT2D eigenvalue weighted by atomic mass is 19.1. The van der Waals surface area contributed by atoms with Gasteiger partial charge in [-0.25, -0.2) is 4.39 Å². The van der Waals surface area contributed by atoms with Crippen LogP contribution in [-0.4, -0.2) is 55.3 Å². The minimum absolute atomic E-state index is 0.0102. The first-order valence-corrected chi connectivity index (χ1v) is 6.37. The van der Waals surface area contributed by atoms with E-state index in [1.165, 1.54) is 12.1 Å². The molecule has 1 aromatic carbocycles. The van der Waals surface area contributed by atoms with Crippen LogP contribution in [0.3, 0.4) is 0 Å². The van der Waals surface area contributed by atoms with Crippen LogP contribution in [0.25, 0.3) is 0 Å². The first kappa shape index (κ1) is 13.6. The number of aliphatic hydroxyl groups is 1. The van der Waals surface area contributed by atoms with Gasteiger partial charge in [0.15, 0.2) is 5.96 Å². The lowest BCUT2D eigenvalue weighted by molar-refractivity contribution is 0.305. The molecule has 0 aliphatic carbocycles. The third kappa shape index (κ3) is 3.57. The molecule has 0 bridgehead atoms. The number of benzene rings is 1. The molecule has 1 aliphatic heterocycles. The number of nitrogens with two attached hydrogens (primary N) is 1. The summed E-state index contributed by atoms with van der Waals surface area (Å²) in [5.41, 5.74) is 6.86. The Morgan fingerprint density at radius 3 is 2.42 bits per heavy atom. The summed E-state index contributed by atoms with van der Waals surface area (Å²) in [6, 6.07) is 6.51. The molecule has 6 heteroatoms. The Labute approximate surface area is 112 Å². The molecule has 0 aromatic heterocycles. The molecule has 1 aromatic rings. The summed E-state index contributed by atoms with van der Waals surface area (Å²) in [5, 5.41) is 8.71. The fourth-order valence-electron chi connectivity index (χ4n) is 2.11. The lowest BCUT2D eigenvalue weighted by Gasteiger charge is -2.36. The van der Waals surface area contributed by atoms with E-state index in [-0.39, 0.29) is 12.4 Å². The average Bonchev–Trinajstić information content (AvgIpc) is 2.46. The predicted molar refractivity (Wildman–Crippen MR) is 73.8 cm³/mol. The summed E-state index contributed by atoms with van der Waals surface area (Å²) in [7, 11) is 0. The van der Waals surface area contributed by atoms with Crippen LogP contribution in [0.2, 0.25) is 0 Å². The minimum Gasteiger partial charge on any atom is -0.394 e. The first-order chi connectivity index (χ1) is 9.20. The number of halogens is 1. The van der Waals surface area contributed by atoms with E-state index in [9.17, 15) is 4.39 Å². The number of aliphatic hydroxyl groups excluding tert-OH is 1. The van der Waals surface area contributed by atoms with Gasteiger partial charge in [0.25, 0.3) is 0 Å². The van der Waals surface area contributed by atoms with Gasteiger partial charge >= 0.3 is 0 Å². The Kier molecular flexibility index (Phi) is 4.57. The quantitative estimate of drug-likeness (QED) is 0.608. The van der Waals surface area contributed by atoms with E-state index in [0.717, 1.165) is 31.9 Å². The molecule has 1 heterocycles. The summed E-state index contributed by atoms with van der Waals surface area (Å²) in [6.45, 7) is 3.54. The van der Waals surface area contributed by atoms with Crippen molar-refractivity contribution in [3.8, 4) is 0 Å². The molecular weight excluding hydrogens is 247 g/mol. The highest BCUT2D eigenvalue weighted by Gasteiger charge is 2.18.